The topological polar surface area (TPSA) is 40.6 Å². The van der Waals surface area contributed by atoms with Crippen molar-refractivity contribution in [3.63, 3.8) is 0 Å². The third-order valence-corrected chi connectivity index (χ3v) is 9.46. The highest BCUT2D eigenvalue weighted by Crippen LogP contribution is 2.45. The summed E-state index contributed by atoms with van der Waals surface area (Å²) in [4.78, 5) is 31.3. The van der Waals surface area contributed by atoms with Crippen molar-refractivity contribution in [3.8, 4) is 0 Å². The van der Waals surface area contributed by atoms with E-state index >= 15 is 0 Å². The van der Waals surface area contributed by atoms with E-state index in [2.05, 4.69) is 89.8 Å². The normalized spacial score (nSPS) is 20.3. The molecular formula is C37H38N2O2. The molecule has 1 amide bonds. The monoisotopic (exact) mass is 542 g/mol. The molecule has 1 unspecified atom stereocenters. The molecule has 41 heavy (non-hydrogen) atoms. The molecular weight excluding hydrogens is 504 g/mol. The summed E-state index contributed by atoms with van der Waals surface area (Å²) >= 11 is 0. The van der Waals surface area contributed by atoms with Gasteiger partial charge in [0.15, 0.2) is 0 Å². The Hall–Kier alpha value is -4.02. The summed E-state index contributed by atoms with van der Waals surface area (Å²) in [5.41, 5.74) is 4.01. The van der Waals surface area contributed by atoms with E-state index in [-0.39, 0.29) is 17.9 Å². The van der Waals surface area contributed by atoms with Crippen molar-refractivity contribution in [2.75, 3.05) is 26.2 Å². The number of piperidine rings is 2. The van der Waals surface area contributed by atoms with E-state index in [1.807, 2.05) is 41.3 Å². The number of likely N-dealkylation sites (tertiary alicyclic amines) is 2. The third-order valence-electron chi connectivity index (χ3n) is 9.46. The molecule has 4 heteroatoms. The van der Waals surface area contributed by atoms with Gasteiger partial charge in [-0.3, -0.25) is 9.69 Å². The van der Waals surface area contributed by atoms with Crippen LogP contribution in [-0.2, 0) is 20.4 Å². The van der Waals surface area contributed by atoms with Crippen molar-refractivity contribution in [2.45, 2.75) is 42.6 Å². The van der Waals surface area contributed by atoms with Crippen LogP contribution in [-0.4, -0.2) is 54.2 Å². The van der Waals surface area contributed by atoms with Gasteiger partial charge in [-0.2, -0.15) is 0 Å². The molecule has 4 nitrogen and oxygen atoms in total. The Morgan fingerprint density at radius 1 is 0.659 bits per heavy atom. The largest absolute Gasteiger partial charge is 0.340 e. The number of rotatable bonds is 7. The third kappa shape index (κ3) is 5.02. The SMILES string of the molecule is O=CC1N(CC(=O)N2CCCC(c3ccccc3)(c3ccccc3)C2)CCCC1(c1ccccc1)c1ccccc1. The maximum Gasteiger partial charge on any atom is 0.236 e. The summed E-state index contributed by atoms with van der Waals surface area (Å²) in [6.07, 6.45) is 4.80. The van der Waals surface area contributed by atoms with Crippen molar-refractivity contribution in [1.29, 1.82) is 0 Å². The Kier molecular flexibility index (Phi) is 7.84. The quantitative estimate of drug-likeness (QED) is 0.260. The number of carbonyl (C=O) groups is 2. The summed E-state index contributed by atoms with van der Waals surface area (Å²) in [6, 6.07) is 41.6. The average molecular weight is 543 g/mol. The number of hydrogen-bond acceptors (Lipinski definition) is 3. The van der Waals surface area contributed by atoms with Gasteiger partial charge in [0.2, 0.25) is 5.91 Å². The van der Waals surface area contributed by atoms with E-state index in [9.17, 15) is 9.59 Å². The highest BCUT2D eigenvalue weighted by atomic mass is 16.2. The summed E-state index contributed by atoms with van der Waals surface area (Å²) < 4.78 is 0. The van der Waals surface area contributed by atoms with E-state index in [1.165, 1.54) is 11.1 Å². The van der Waals surface area contributed by atoms with Gasteiger partial charge in [-0.15, -0.1) is 0 Å². The number of aldehydes is 1. The Bertz CT molecular complexity index is 1360. The van der Waals surface area contributed by atoms with Gasteiger partial charge >= 0.3 is 0 Å². The first-order chi connectivity index (χ1) is 20.2. The summed E-state index contributed by atoms with van der Waals surface area (Å²) in [7, 11) is 0. The van der Waals surface area contributed by atoms with Crippen LogP contribution in [0.1, 0.15) is 47.9 Å². The molecule has 0 N–H and O–H groups in total. The lowest BCUT2D eigenvalue weighted by Gasteiger charge is -2.49. The number of benzene rings is 4. The van der Waals surface area contributed by atoms with Crippen LogP contribution in [0.25, 0.3) is 0 Å². The van der Waals surface area contributed by atoms with Gasteiger partial charge in [-0.25, -0.2) is 0 Å². The minimum Gasteiger partial charge on any atom is -0.340 e. The van der Waals surface area contributed by atoms with Crippen LogP contribution in [0.15, 0.2) is 121 Å². The lowest BCUT2D eigenvalue weighted by atomic mass is 9.64. The summed E-state index contributed by atoms with van der Waals surface area (Å²) in [5.74, 6) is 0.102. The molecule has 0 saturated carbocycles. The Balaban J connectivity index is 1.31. The zero-order valence-electron chi connectivity index (χ0n) is 23.6. The molecule has 2 fully saturated rings. The van der Waals surface area contributed by atoms with Crippen molar-refractivity contribution < 1.29 is 9.59 Å². The molecule has 2 saturated heterocycles. The molecule has 0 aliphatic carbocycles. The Morgan fingerprint density at radius 3 is 1.61 bits per heavy atom. The van der Waals surface area contributed by atoms with Crippen molar-refractivity contribution in [3.05, 3.63) is 144 Å². The molecule has 2 aliphatic heterocycles. The van der Waals surface area contributed by atoms with Gasteiger partial charge in [0.1, 0.15) is 6.29 Å². The fourth-order valence-corrected chi connectivity index (χ4v) is 7.50. The lowest BCUT2D eigenvalue weighted by molar-refractivity contribution is -0.136. The van der Waals surface area contributed by atoms with Gasteiger partial charge in [0.25, 0.3) is 0 Å². The molecule has 208 valence electrons. The molecule has 2 heterocycles. The number of nitrogens with zero attached hydrogens (tertiary/aromatic N) is 2. The van der Waals surface area contributed by atoms with Crippen molar-refractivity contribution in [2.24, 2.45) is 0 Å². The second-order valence-corrected chi connectivity index (χ2v) is 11.6. The molecule has 0 spiro atoms. The maximum absolute atomic E-state index is 14.1. The van der Waals surface area contributed by atoms with Gasteiger partial charge < -0.3 is 9.69 Å². The van der Waals surface area contributed by atoms with Crippen LogP contribution in [0.4, 0.5) is 0 Å². The number of carbonyl (C=O) groups excluding carboxylic acids is 2. The molecule has 0 radical (unpaired) electrons. The smallest absolute Gasteiger partial charge is 0.236 e. The van der Waals surface area contributed by atoms with Crippen molar-refractivity contribution >= 4 is 12.2 Å². The fourth-order valence-electron chi connectivity index (χ4n) is 7.50. The van der Waals surface area contributed by atoms with E-state index < -0.39 is 11.5 Å². The van der Waals surface area contributed by atoms with Crippen LogP contribution in [0.2, 0.25) is 0 Å². The number of hydrogen-bond donors (Lipinski definition) is 0. The zero-order valence-corrected chi connectivity index (χ0v) is 23.6. The van der Waals surface area contributed by atoms with E-state index in [1.54, 1.807) is 0 Å². The molecule has 1 atom stereocenters. The molecule has 4 aromatic rings. The van der Waals surface area contributed by atoms with Gasteiger partial charge in [-0.05, 0) is 54.5 Å². The van der Waals surface area contributed by atoms with Crippen LogP contribution in [0.5, 0.6) is 0 Å². The first-order valence-electron chi connectivity index (χ1n) is 14.9. The van der Waals surface area contributed by atoms with Crippen molar-refractivity contribution in [1.82, 2.24) is 9.80 Å². The minimum absolute atomic E-state index is 0.102. The second-order valence-electron chi connectivity index (χ2n) is 11.6. The average Bonchev–Trinajstić information content (AvgIpc) is 3.06. The predicted molar refractivity (Wildman–Crippen MR) is 164 cm³/mol. The highest BCUT2D eigenvalue weighted by molar-refractivity contribution is 5.80. The first-order valence-corrected chi connectivity index (χ1v) is 14.9. The van der Waals surface area contributed by atoms with E-state index in [4.69, 9.17) is 0 Å². The van der Waals surface area contributed by atoms with Gasteiger partial charge in [-0.1, -0.05) is 121 Å². The van der Waals surface area contributed by atoms with E-state index in [0.717, 1.165) is 56.2 Å². The lowest BCUT2D eigenvalue weighted by Crippen LogP contribution is -2.59. The summed E-state index contributed by atoms with van der Waals surface area (Å²) in [5, 5.41) is 0. The maximum atomic E-state index is 14.1. The Morgan fingerprint density at radius 2 is 1.12 bits per heavy atom. The molecule has 0 aromatic heterocycles. The van der Waals surface area contributed by atoms with Crippen LogP contribution >= 0.6 is 0 Å². The molecule has 4 aromatic carbocycles. The van der Waals surface area contributed by atoms with Gasteiger partial charge in [0, 0.05) is 23.9 Å². The standard InChI is InChI=1S/C37H38N2O2/c40-28-34-37(32-19-9-3-10-20-32,33-21-11-4-12-22-33)24-14-25-38(34)27-35(41)39-26-13-23-36(29-39,30-15-5-1-6-16-30)31-17-7-2-8-18-31/h1-12,15-22,28,34H,13-14,23-27,29H2. The van der Waals surface area contributed by atoms with Crippen LogP contribution in [0, 0.1) is 0 Å². The van der Waals surface area contributed by atoms with Gasteiger partial charge in [0.05, 0.1) is 12.6 Å². The molecule has 2 aliphatic rings. The Labute approximate surface area is 243 Å². The molecule has 6 rings (SSSR count). The second kappa shape index (κ2) is 11.8. The zero-order chi connectivity index (χ0) is 28.1. The van der Waals surface area contributed by atoms with E-state index in [0.29, 0.717) is 6.54 Å². The highest BCUT2D eigenvalue weighted by Gasteiger charge is 2.48. The van der Waals surface area contributed by atoms with Crippen LogP contribution < -0.4 is 0 Å². The van der Waals surface area contributed by atoms with Crippen LogP contribution in [0.3, 0.4) is 0 Å². The first kappa shape index (κ1) is 27.2. The minimum atomic E-state index is -0.497. The fraction of sp³-hybridized carbons (Fsp3) is 0.297. The number of amides is 1. The molecule has 0 bridgehead atoms. The summed E-state index contributed by atoms with van der Waals surface area (Å²) in [6.45, 7) is 2.35. The predicted octanol–water partition coefficient (Wildman–Crippen LogP) is 6.24.